The summed E-state index contributed by atoms with van der Waals surface area (Å²) < 4.78 is 40.3. The standard InChI is InChI=1S/C24H29F2N5O3S/c1-22(2,3)11-34-18-10-28-16(9-29-18)20(32)30-13-6-14(19(26)15(25)7-13)23(4)17-8-24(17,12-33-5)35-21(27)31-23/h6-7,9-10,17H,8,11-12H2,1-5H3,(H2,27,31)(H,30,32)/t17-,23+,24+/m0/s1. The highest BCUT2D eigenvalue weighted by Gasteiger charge is 2.66. The Morgan fingerprint density at radius 2 is 2.03 bits per heavy atom. The second kappa shape index (κ2) is 9.02. The summed E-state index contributed by atoms with van der Waals surface area (Å²) in [6.45, 7) is 8.64. The third-order valence-corrected chi connectivity index (χ3v) is 7.36. The van der Waals surface area contributed by atoms with Gasteiger partial charge in [0.2, 0.25) is 5.88 Å². The van der Waals surface area contributed by atoms with Gasteiger partial charge in [0, 0.05) is 30.3 Å². The molecule has 1 saturated carbocycles. The van der Waals surface area contributed by atoms with Gasteiger partial charge in [0.25, 0.3) is 5.91 Å². The van der Waals surface area contributed by atoms with Crippen LogP contribution < -0.4 is 15.8 Å². The highest BCUT2D eigenvalue weighted by Crippen LogP contribution is 2.66. The van der Waals surface area contributed by atoms with Crippen molar-refractivity contribution in [2.45, 2.75) is 44.4 Å². The predicted octanol–water partition coefficient (Wildman–Crippen LogP) is 4.11. The molecule has 35 heavy (non-hydrogen) atoms. The minimum Gasteiger partial charge on any atom is -0.476 e. The summed E-state index contributed by atoms with van der Waals surface area (Å²) in [5.74, 6) is -2.55. The van der Waals surface area contributed by atoms with E-state index in [0.717, 1.165) is 6.07 Å². The quantitative estimate of drug-likeness (QED) is 0.582. The maximum absolute atomic E-state index is 15.0. The largest absolute Gasteiger partial charge is 0.476 e. The number of aromatic nitrogens is 2. The number of rotatable bonds is 7. The van der Waals surface area contributed by atoms with Gasteiger partial charge < -0.3 is 20.5 Å². The topological polar surface area (TPSA) is 112 Å². The fourth-order valence-electron chi connectivity index (χ4n) is 4.35. The minimum atomic E-state index is -1.11. The molecule has 1 aliphatic heterocycles. The van der Waals surface area contributed by atoms with Gasteiger partial charge in [0.1, 0.15) is 5.69 Å². The molecule has 0 radical (unpaired) electrons. The van der Waals surface area contributed by atoms with E-state index in [9.17, 15) is 9.18 Å². The van der Waals surface area contributed by atoms with Crippen molar-refractivity contribution in [2.75, 3.05) is 25.6 Å². The summed E-state index contributed by atoms with van der Waals surface area (Å²) in [5.41, 5.74) is 5.00. The van der Waals surface area contributed by atoms with Crippen LogP contribution in [0.15, 0.2) is 29.5 Å². The molecule has 1 aromatic heterocycles. The van der Waals surface area contributed by atoms with Crippen LogP contribution in [0.25, 0.3) is 0 Å². The van der Waals surface area contributed by atoms with Crippen LogP contribution in [-0.2, 0) is 10.3 Å². The number of nitrogens with one attached hydrogen (secondary N) is 1. The molecular weight excluding hydrogens is 476 g/mol. The first kappa shape index (κ1) is 25.3. The summed E-state index contributed by atoms with van der Waals surface area (Å²) in [6.07, 6.45) is 3.31. The lowest BCUT2D eigenvalue weighted by atomic mass is 9.85. The summed E-state index contributed by atoms with van der Waals surface area (Å²) in [7, 11) is 1.59. The average molecular weight is 506 g/mol. The first-order valence-corrected chi connectivity index (χ1v) is 12.0. The van der Waals surface area contributed by atoms with Crippen molar-refractivity contribution in [3.8, 4) is 5.88 Å². The van der Waals surface area contributed by atoms with E-state index < -0.39 is 23.1 Å². The second-order valence-corrected chi connectivity index (χ2v) is 11.8. The number of methoxy groups -OCH3 is 1. The number of hydrogen-bond donors (Lipinski definition) is 2. The maximum Gasteiger partial charge on any atom is 0.275 e. The van der Waals surface area contributed by atoms with Crippen LogP contribution >= 0.6 is 11.8 Å². The SMILES string of the molecule is COC[C@]12C[C@H]1[C@@](C)(c1cc(NC(=O)c3cnc(OCC(C)(C)C)cn3)cc(F)c1F)N=C(N)S2. The lowest BCUT2D eigenvalue weighted by Gasteiger charge is -2.34. The smallest absolute Gasteiger partial charge is 0.275 e. The molecule has 1 aliphatic carbocycles. The molecule has 1 amide bonds. The number of nitrogens with zero attached hydrogens (tertiary/aromatic N) is 3. The molecule has 2 aliphatic rings. The maximum atomic E-state index is 15.0. The molecule has 0 unspecified atom stereocenters. The Kier molecular flexibility index (Phi) is 6.52. The van der Waals surface area contributed by atoms with Crippen LogP contribution in [0.2, 0.25) is 0 Å². The van der Waals surface area contributed by atoms with Crippen LogP contribution in [-0.4, -0.2) is 46.1 Å². The number of aliphatic imine (C=N–C) groups is 1. The molecule has 0 saturated heterocycles. The normalized spacial score (nSPS) is 25.5. The van der Waals surface area contributed by atoms with Gasteiger partial charge in [-0.3, -0.25) is 9.79 Å². The van der Waals surface area contributed by atoms with Gasteiger partial charge in [-0.15, -0.1) is 0 Å². The molecule has 8 nitrogen and oxygen atoms in total. The number of carbonyl (C=O) groups excluding carboxylic acids is 1. The van der Waals surface area contributed by atoms with Crippen molar-refractivity contribution in [1.82, 2.24) is 9.97 Å². The zero-order valence-corrected chi connectivity index (χ0v) is 21.1. The average Bonchev–Trinajstić information content (AvgIpc) is 3.49. The summed E-state index contributed by atoms with van der Waals surface area (Å²) >= 11 is 1.40. The minimum absolute atomic E-state index is 0.00300. The van der Waals surface area contributed by atoms with E-state index in [1.54, 1.807) is 14.0 Å². The van der Waals surface area contributed by atoms with Crippen LogP contribution in [0.4, 0.5) is 14.5 Å². The van der Waals surface area contributed by atoms with E-state index in [2.05, 4.69) is 20.3 Å². The number of amides is 1. The number of anilines is 1. The van der Waals surface area contributed by atoms with Crippen LogP contribution in [0, 0.1) is 23.0 Å². The highest BCUT2D eigenvalue weighted by molar-refractivity contribution is 8.15. The number of nitrogens with two attached hydrogens (primary N) is 1. The van der Waals surface area contributed by atoms with Crippen LogP contribution in [0.5, 0.6) is 5.88 Å². The molecule has 0 bridgehead atoms. The highest BCUT2D eigenvalue weighted by atomic mass is 32.2. The Morgan fingerprint density at radius 3 is 2.66 bits per heavy atom. The van der Waals surface area contributed by atoms with Crippen LogP contribution in [0.1, 0.15) is 50.2 Å². The van der Waals surface area contributed by atoms with Gasteiger partial charge >= 0.3 is 0 Å². The van der Waals surface area contributed by atoms with Gasteiger partial charge in [0.15, 0.2) is 16.8 Å². The van der Waals surface area contributed by atoms with Gasteiger partial charge in [-0.1, -0.05) is 32.5 Å². The van der Waals surface area contributed by atoms with Gasteiger partial charge in [0.05, 0.1) is 35.9 Å². The molecule has 188 valence electrons. The zero-order chi connectivity index (χ0) is 25.6. The molecule has 1 aromatic carbocycles. The number of halogens is 2. The van der Waals surface area contributed by atoms with E-state index in [0.29, 0.717) is 19.6 Å². The van der Waals surface area contributed by atoms with Crippen molar-refractivity contribution in [2.24, 2.45) is 22.1 Å². The monoisotopic (exact) mass is 505 g/mol. The van der Waals surface area contributed by atoms with Gasteiger partial charge in [-0.05, 0) is 24.8 Å². The number of benzene rings is 1. The molecular formula is C24H29F2N5O3S. The molecule has 3 N–H and O–H groups in total. The second-order valence-electron chi connectivity index (χ2n) is 10.3. The Bertz CT molecular complexity index is 1170. The third-order valence-electron chi connectivity index (χ3n) is 6.09. The molecule has 11 heteroatoms. The Labute approximate surface area is 207 Å². The van der Waals surface area contributed by atoms with Crippen molar-refractivity contribution in [1.29, 1.82) is 0 Å². The molecule has 0 spiro atoms. The molecule has 2 heterocycles. The first-order valence-electron chi connectivity index (χ1n) is 11.2. The number of hydrogen-bond acceptors (Lipinski definition) is 8. The van der Waals surface area contributed by atoms with E-state index in [4.69, 9.17) is 15.2 Å². The molecule has 2 aromatic rings. The fourth-order valence-corrected chi connectivity index (χ4v) is 5.80. The van der Waals surface area contributed by atoms with Gasteiger partial charge in [-0.2, -0.15) is 0 Å². The summed E-state index contributed by atoms with van der Waals surface area (Å²) in [5, 5.41) is 2.86. The van der Waals surface area contributed by atoms with E-state index in [1.807, 2.05) is 20.8 Å². The first-order chi connectivity index (χ1) is 16.4. The van der Waals surface area contributed by atoms with Crippen molar-refractivity contribution in [3.63, 3.8) is 0 Å². The zero-order valence-electron chi connectivity index (χ0n) is 20.3. The number of carbonyl (C=O) groups is 1. The van der Waals surface area contributed by atoms with Crippen molar-refractivity contribution in [3.05, 3.63) is 47.4 Å². The Balaban J connectivity index is 1.56. The molecule has 3 atom stereocenters. The van der Waals surface area contributed by atoms with E-state index in [1.165, 1.54) is 30.2 Å². The van der Waals surface area contributed by atoms with Crippen LogP contribution in [0.3, 0.4) is 0 Å². The van der Waals surface area contributed by atoms with E-state index >= 15 is 4.39 Å². The summed E-state index contributed by atoms with van der Waals surface area (Å²) in [4.78, 5) is 25.4. The van der Waals surface area contributed by atoms with Crippen molar-refractivity contribution < 1.29 is 23.0 Å². The van der Waals surface area contributed by atoms with E-state index in [-0.39, 0.29) is 44.1 Å². The number of fused-ring (bicyclic) bond motifs is 1. The third kappa shape index (κ3) is 5.11. The molecule has 1 fully saturated rings. The molecule has 4 rings (SSSR count). The van der Waals surface area contributed by atoms with Gasteiger partial charge in [-0.25, -0.2) is 18.7 Å². The number of amidine groups is 1. The van der Waals surface area contributed by atoms with Crippen molar-refractivity contribution >= 4 is 28.5 Å². The summed E-state index contributed by atoms with van der Waals surface area (Å²) in [6, 6.07) is 2.32. The Hall–Kier alpha value is -2.79. The Morgan fingerprint density at radius 1 is 1.29 bits per heavy atom. The number of ether oxygens (including phenoxy) is 2. The predicted molar refractivity (Wildman–Crippen MR) is 131 cm³/mol. The fraction of sp³-hybridized carbons (Fsp3) is 0.500. The number of thioether (sulfide) groups is 1. The lowest BCUT2D eigenvalue weighted by molar-refractivity contribution is 0.102. The lowest BCUT2D eigenvalue weighted by Crippen LogP contribution is -2.38.